The molecule has 0 spiro atoms. The summed E-state index contributed by atoms with van der Waals surface area (Å²) < 4.78 is 5.51. The van der Waals surface area contributed by atoms with Crippen LogP contribution in [0.1, 0.15) is 31.9 Å². The van der Waals surface area contributed by atoms with Crippen molar-refractivity contribution in [2.24, 2.45) is 5.92 Å². The predicted octanol–water partition coefficient (Wildman–Crippen LogP) is 3.15. The molecule has 0 amide bonds. The van der Waals surface area contributed by atoms with Gasteiger partial charge in [0.05, 0.1) is 6.61 Å². The van der Waals surface area contributed by atoms with E-state index in [0.717, 1.165) is 19.8 Å². The molecule has 1 aromatic carbocycles. The third-order valence-corrected chi connectivity index (χ3v) is 3.12. The summed E-state index contributed by atoms with van der Waals surface area (Å²) >= 11 is 0. The first kappa shape index (κ1) is 14.2. The number of nitrogens with one attached hydrogen (secondary N) is 1. The summed E-state index contributed by atoms with van der Waals surface area (Å²) in [5.74, 6) is 0.588. The molecule has 0 aromatic heterocycles. The molecule has 96 valence electrons. The maximum absolute atomic E-state index is 5.51. The monoisotopic (exact) mass is 235 g/mol. The maximum atomic E-state index is 5.51. The van der Waals surface area contributed by atoms with Gasteiger partial charge in [-0.05, 0) is 30.9 Å². The second-order valence-electron chi connectivity index (χ2n) is 4.82. The average Bonchev–Trinajstić information content (AvgIpc) is 2.31. The quantitative estimate of drug-likeness (QED) is 0.784. The van der Waals surface area contributed by atoms with Crippen molar-refractivity contribution in [2.45, 2.75) is 40.3 Å². The van der Waals surface area contributed by atoms with Crippen molar-refractivity contribution in [3.8, 4) is 0 Å². The van der Waals surface area contributed by atoms with Gasteiger partial charge in [-0.3, -0.25) is 0 Å². The zero-order chi connectivity index (χ0) is 12.7. The van der Waals surface area contributed by atoms with Gasteiger partial charge >= 0.3 is 0 Å². The lowest BCUT2D eigenvalue weighted by Gasteiger charge is -2.22. The lowest BCUT2D eigenvalue weighted by atomic mass is 10.0. The Morgan fingerprint density at radius 1 is 1.24 bits per heavy atom. The van der Waals surface area contributed by atoms with Gasteiger partial charge in [0.25, 0.3) is 0 Å². The van der Waals surface area contributed by atoms with Gasteiger partial charge in [-0.1, -0.05) is 38.1 Å². The van der Waals surface area contributed by atoms with E-state index in [1.807, 2.05) is 6.92 Å². The van der Waals surface area contributed by atoms with Crippen molar-refractivity contribution in [3.05, 3.63) is 35.4 Å². The van der Waals surface area contributed by atoms with E-state index in [2.05, 4.69) is 50.4 Å². The molecule has 0 fully saturated rings. The number of ether oxygens (including phenoxy) is 1. The number of hydrogen-bond acceptors (Lipinski definition) is 2. The number of benzene rings is 1. The molecular formula is C15H25NO. The van der Waals surface area contributed by atoms with E-state index in [1.165, 1.54) is 11.1 Å². The first-order chi connectivity index (χ1) is 8.15. The van der Waals surface area contributed by atoms with E-state index in [0.29, 0.717) is 12.0 Å². The molecule has 0 aliphatic carbocycles. The van der Waals surface area contributed by atoms with E-state index in [-0.39, 0.29) is 0 Å². The smallest absolute Gasteiger partial charge is 0.0622 e. The second-order valence-corrected chi connectivity index (χ2v) is 4.82. The topological polar surface area (TPSA) is 21.3 Å². The van der Waals surface area contributed by atoms with Crippen LogP contribution in [0, 0.1) is 12.8 Å². The predicted molar refractivity (Wildman–Crippen MR) is 73.1 cm³/mol. The lowest BCUT2D eigenvalue weighted by molar-refractivity contribution is 0.108. The van der Waals surface area contributed by atoms with Crippen LogP contribution in [0.2, 0.25) is 0 Å². The molecule has 1 unspecified atom stereocenters. The zero-order valence-electron chi connectivity index (χ0n) is 11.5. The molecule has 1 rings (SSSR count). The summed E-state index contributed by atoms with van der Waals surface area (Å²) in [4.78, 5) is 0. The third kappa shape index (κ3) is 4.88. The molecule has 0 saturated heterocycles. The van der Waals surface area contributed by atoms with Crippen molar-refractivity contribution in [3.63, 3.8) is 0 Å². The van der Waals surface area contributed by atoms with Crippen LogP contribution in [0.4, 0.5) is 0 Å². The molecule has 0 aliphatic heterocycles. The van der Waals surface area contributed by atoms with Crippen LogP contribution in [-0.4, -0.2) is 19.3 Å². The van der Waals surface area contributed by atoms with Crippen molar-refractivity contribution >= 4 is 0 Å². The summed E-state index contributed by atoms with van der Waals surface area (Å²) in [5.41, 5.74) is 2.72. The Morgan fingerprint density at radius 3 is 2.53 bits per heavy atom. The van der Waals surface area contributed by atoms with Gasteiger partial charge in [0, 0.05) is 19.2 Å². The van der Waals surface area contributed by atoms with Gasteiger partial charge in [0.1, 0.15) is 0 Å². The largest absolute Gasteiger partial charge is 0.380 e. The Morgan fingerprint density at radius 2 is 1.94 bits per heavy atom. The minimum atomic E-state index is 0.426. The minimum Gasteiger partial charge on any atom is -0.380 e. The molecule has 0 heterocycles. The van der Waals surface area contributed by atoms with Crippen LogP contribution in [0.25, 0.3) is 0 Å². The number of aryl methyl sites for hydroxylation is 1. The Bertz CT molecular complexity index is 322. The molecule has 2 heteroatoms. The molecule has 0 radical (unpaired) electrons. The minimum absolute atomic E-state index is 0.426. The van der Waals surface area contributed by atoms with Crippen LogP contribution >= 0.6 is 0 Å². The van der Waals surface area contributed by atoms with E-state index in [9.17, 15) is 0 Å². The number of rotatable bonds is 7. The van der Waals surface area contributed by atoms with Gasteiger partial charge in [0.15, 0.2) is 0 Å². The van der Waals surface area contributed by atoms with Crippen LogP contribution in [0.15, 0.2) is 24.3 Å². The van der Waals surface area contributed by atoms with Gasteiger partial charge in [-0.25, -0.2) is 0 Å². The van der Waals surface area contributed by atoms with Crippen LogP contribution in [0.3, 0.4) is 0 Å². The summed E-state index contributed by atoms with van der Waals surface area (Å²) in [6.45, 7) is 11.2. The van der Waals surface area contributed by atoms with Crippen LogP contribution < -0.4 is 5.32 Å². The number of hydrogen-bond donors (Lipinski definition) is 1. The Balaban J connectivity index is 2.49. The van der Waals surface area contributed by atoms with Crippen LogP contribution in [0.5, 0.6) is 0 Å². The Hall–Kier alpha value is -0.860. The summed E-state index contributed by atoms with van der Waals surface area (Å²) in [6.07, 6.45) is 0. The molecule has 17 heavy (non-hydrogen) atoms. The van der Waals surface area contributed by atoms with E-state index < -0.39 is 0 Å². The van der Waals surface area contributed by atoms with Gasteiger partial charge in [0.2, 0.25) is 0 Å². The Labute approximate surface area is 105 Å². The Kier molecular flexibility index (Phi) is 6.23. The standard InChI is InChI=1S/C15H25NO/c1-5-17-11-15(12(2)3)16-10-14-9-7-6-8-13(14)4/h6-9,12,15-16H,5,10-11H2,1-4H3. The summed E-state index contributed by atoms with van der Waals surface area (Å²) in [6, 6.07) is 8.94. The highest BCUT2D eigenvalue weighted by Gasteiger charge is 2.12. The van der Waals surface area contributed by atoms with Crippen molar-refractivity contribution in [2.75, 3.05) is 13.2 Å². The zero-order valence-corrected chi connectivity index (χ0v) is 11.5. The van der Waals surface area contributed by atoms with Gasteiger partial charge in [-0.15, -0.1) is 0 Å². The molecule has 0 bridgehead atoms. The first-order valence-electron chi connectivity index (χ1n) is 6.50. The van der Waals surface area contributed by atoms with Crippen LogP contribution in [-0.2, 0) is 11.3 Å². The molecule has 1 N–H and O–H groups in total. The third-order valence-electron chi connectivity index (χ3n) is 3.12. The highest BCUT2D eigenvalue weighted by atomic mass is 16.5. The maximum Gasteiger partial charge on any atom is 0.0622 e. The lowest BCUT2D eigenvalue weighted by Crippen LogP contribution is -2.37. The fourth-order valence-corrected chi connectivity index (χ4v) is 1.78. The second kappa shape index (κ2) is 7.46. The highest BCUT2D eigenvalue weighted by Crippen LogP contribution is 2.09. The average molecular weight is 235 g/mol. The molecular weight excluding hydrogens is 210 g/mol. The fourth-order valence-electron chi connectivity index (χ4n) is 1.78. The molecule has 2 nitrogen and oxygen atoms in total. The van der Waals surface area contributed by atoms with Gasteiger partial charge in [-0.2, -0.15) is 0 Å². The van der Waals surface area contributed by atoms with Gasteiger partial charge < -0.3 is 10.1 Å². The molecule has 0 saturated carbocycles. The first-order valence-corrected chi connectivity index (χ1v) is 6.50. The van der Waals surface area contributed by atoms with E-state index in [4.69, 9.17) is 4.74 Å². The van der Waals surface area contributed by atoms with Crippen molar-refractivity contribution in [1.29, 1.82) is 0 Å². The van der Waals surface area contributed by atoms with E-state index in [1.54, 1.807) is 0 Å². The van der Waals surface area contributed by atoms with Crippen molar-refractivity contribution in [1.82, 2.24) is 5.32 Å². The summed E-state index contributed by atoms with van der Waals surface area (Å²) in [5, 5.41) is 3.59. The fraction of sp³-hybridized carbons (Fsp3) is 0.600. The molecule has 1 atom stereocenters. The summed E-state index contributed by atoms with van der Waals surface area (Å²) in [7, 11) is 0. The normalized spacial score (nSPS) is 13.0. The molecule has 1 aromatic rings. The highest BCUT2D eigenvalue weighted by molar-refractivity contribution is 5.25. The SMILES string of the molecule is CCOCC(NCc1ccccc1C)C(C)C. The van der Waals surface area contributed by atoms with Crippen molar-refractivity contribution < 1.29 is 4.74 Å². The van der Waals surface area contributed by atoms with E-state index >= 15 is 0 Å². The molecule has 0 aliphatic rings.